The highest BCUT2D eigenvalue weighted by molar-refractivity contribution is 5.25. The van der Waals surface area contributed by atoms with E-state index in [-0.39, 0.29) is 6.10 Å². The molecule has 0 radical (unpaired) electrons. The smallest absolute Gasteiger partial charge is 0.0729 e. The lowest BCUT2D eigenvalue weighted by molar-refractivity contribution is 0.214. The first-order chi connectivity index (χ1) is 5.74. The summed E-state index contributed by atoms with van der Waals surface area (Å²) in [7, 11) is 0. The van der Waals surface area contributed by atoms with E-state index in [9.17, 15) is 5.11 Å². The van der Waals surface area contributed by atoms with Gasteiger partial charge in [0, 0.05) is 5.92 Å². The molecule has 0 aromatic rings. The fourth-order valence-corrected chi connectivity index (χ4v) is 1.31. The van der Waals surface area contributed by atoms with Gasteiger partial charge in [0.2, 0.25) is 0 Å². The minimum atomic E-state index is -0.257. The Labute approximate surface area is 73.8 Å². The Morgan fingerprint density at radius 2 is 2.33 bits per heavy atom. The van der Waals surface area contributed by atoms with Gasteiger partial charge in [-0.2, -0.15) is 0 Å². The molecule has 12 heavy (non-hydrogen) atoms. The molecule has 1 heteroatoms. The molecule has 2 unspecified atom stereocenters. The van der Waals surface area contributed by atoms with E-state index in [1.807, 2.05) is 25.2 Å². The van der Waals surface area contributed by atoms with Crippen LogP contribution in [0.4, 0.5) is 0 Å². The molecule has 0 amide bonds. The zero-order valence-electron chi connectivity index (χ0n) is 7.54. The topological polar surface area (TPSA) is 20.2 Å². The summed E-state index contributed by atoms with van der Waals surface area (Å²) in [5.41, 5.74) is 1.23. The predicted molar refractivity (Wildman–Crippen MR) is 50.5 cm³/mol. The number of rotatable bonds is 1. The molecule has 2 atom stereocenters. The van der Waals surface area contributed by atoms with Crippen molar-refractivity contribution in [3.05, 3.63) is 23.8 Å². The van der Waals surface area contributed by atoms with E-state index >= 15 is 0 Å². The van der Waals surface area contributed by atoms with E-state index in [1.54, 1.807) is 0 Å². The summed E-state index contributed by atoms with van der Waals surface area (Å²) < 4.78 is 0. The van der Waals surface area contributed by atoms with Gasteiger partial charge in [-0.05, 0) is 26.3 Å². The maximum Gasteiger partial charge on any atom is 0.0729 e. The Bertz CT molecular complexity index is 262. The molecule has 0 heterocycles. The third-order valence-corrected chi connectivity index (χ3v) is 2.09. The highest BCUT2D eigenvalue weighted by atomic mass is 16.3. The lowest BCUT2D eigenvalue weighted by atomic mass is 9.99. The van der Waals surface area contributed by atoms with Crippen molar-refractivity contribution in [2.75, 3.05) is 0 Å². The minimum absolute atomic E-state index is 0.257. The summed E-state index contributed by atoms with van der Waals surface area (Å²) in [6, 6.07) is 0. The highest BCUT2D eigenvalue weighted by Gasteiger charge is 2.17. The molecular weight excluding hydrogens is 148 g/mol. The normalized spacial score (nSPS) is 28.4. The highest BCUT2D eigenvalue weighted by Crippen LogP contribution is 2.24. The summed E-state index contributed by atoms with van der Waals surface area (Å²) >= 11 is 0. The SMILES string of the molecule is CC#C/C=C(/C)C1C=CC(O)C1. The molecule has 0 fully saturated rings. The lowest BCUT2D eigenvalue weighted by Crippen LogP contribution is -2.02. The van der Waals surface area contributed by atoms with Gasteiger partial charge < -0.3 is 5.11 Å². The van der Waals surface area contributed by atoms with Gasteiger partial charge in [0.1, 0.15) is 0 Å². The monoisotopic (exact) mass is 162 g/mol. The van der Waals surface area contributed by atoms with Crippen LogP contribution in [0.5, 0.6) is 0 Å². The maximum absolute atomic E-state index is 9.22. The summed E-state index contributed by atoms with van der Waals surface area (Å²) in [6.07, 6.45) is 6.38. The third-order valence-electron chi connectivity index (χ3n) is 2.09. The molecular formula is C11H14O. The molecule has 0 bridgehead atoms. The van der Waals surface area contributed by atoms with E-state index < -0.39 is 0 Å². The zero-order chi connectivity index (χ0) is 8.97. The van der Waals surface area contributed by atoms with Crippen molar-refractivity contribution in [1.29, 1.82) is 0 Å². The first-order valence-electron chi connectivity index (χ1n) is 4.19. The first kappa shape index (κ1) is 9.09. The van der Waals surface area contributed by atoms with Crippen molar-refractivity contribution in [3.63, 3.8) is 0 Å². The second-order valence-corrected chi connectivity index (χ2v) is 3.08. The van der Waals surface area contributed by atoms with Crippen LogP contribution < -0.4 is 0 Å². The number of aliphatic hydroxyl groups excluding tert-OH is 1. The van der Waals surface area contributed by atoms with Crippen LogP contribution >= 0.6 is 0 Å². The van der Waals surface area contributed by atoms with Crippen molar-refractivity contribution >= 4 is 0 Å². The van der Waals surface area contributed by atoms with Crippen LogP contribution in [0.1, 0.15) is 20.3 Å². The summed E-state index contributed by atoms with van der Waals surface area (Å²) in [5, 5.41) is 9.22. The van der Waals surface area contributed by atoms with Crippen LogP contribution in [0.2, 0.25) is 0 Å². The Balaban J connectivity index is 2.58. The summed E-state index contributed by atoms with van der Waals surface area (Å²) in [4.78, 5) is 0. The van der Waals surface area contributed by atoms with E-state index in [1.165, 1.54) is 5.57 Å². The Hall–Kier alpha value is -1.00. The molecule has 0 aliphatic heterocycles. The Morgan fingerprint density at radius 3 is 2.83 bits per heavy atom. The molecule has 0 aromatic carbocycles. The third kappa shape index (κ3) is 2.25. The molecule has 0 saturated heterocycles. The molecule has 1 aliphatic rings. The van der Waals surface area contributed by atoms with Gasteiger partial charge in [0.05, 0.1) is 6.10 Å². The molecule has 0 aromatic heterocycles. The molecule has 1 N–H and O–H groups in total. The average molecular weight is 162 g/mol. The zero-order valence-corrected chi connectivity index (χ0v) is 7.54. The quantitative estimate of drug-likeness (QED) is 0.461. The van der Waals surface area contributed by atoms with Gasteiger partial charge >= 0.3 is 0 Å². The number of aliphatic hydroxyl groups is 1. The molecule has 64 valence electrons. The van der Waals surface area contributed by atoms with Gasteiger partial charge in [0.25, 0.3) is 0 Å². The molecule has 0 spiro atoms. The van der Waals surface area contributed by atoms with Crippen LogP contribution in [0.15, 0.2) is 23.8 Å². The molecule has 1 aliphatic carbocycles. The summed E-state index contributed by atoms with van der Waals surface area (Å²) in [5.74, 6) is 6.12. The average Bonchev–Trinajstić information content (AvgIpc) is 2.47. The van der Waals surface area contributed by atoms with Crippen LogP contribution in [-0.2, 0) is 0 Å². The lowest BCUT2D eigenvalue weighted by Gasteiger charge is -2.07. The second kappa shape index (κ2) is 4.13. The first-order valence-corrected chi connectivity index (χ1v) is 4.19. The largest absolute Gasteiger partial charge is 0.389 e. The van der Waals surface area contributed by atoms with Crippen molar-refractivity contribution in [1.82, 2.24) is 0 Å². The number of hydrogen-bond donors (Lipinski definition) is 1. The van der Waals surface area contributed by atoms with E-state index in [4.69, 9.17) is 0 Å². The number of allylic oxidation sites excluding steroid dienone is 3. The van der Waals surface area contributed by atoms with Crippen LogP contribution in [0.25, 0.3) is 0 Å². The molecule has 1 nitrogen and oxygen atoms in total. The molecule has 0 saturated carbocycles. The summed E-state index contributed by atoms with van der Waals surface area (Å²) in [6.45, 7) is 3.88. The van der Waals surface area contributed by atoms with Gasteiger partial charge in [-0.25, -0.2) is 0 Å². The van der Waals surface area contributed by atoms with Gasteiger partial charge in [0.15, 0.2) is 0 Å². The fraction of sp³-hybridized carbons (Fsp3) is 0.455. The minimum Gasteiger partial charge on any atom is -0.389 e. The van der Waals surface area contributed by atoms with Crippen LogP contribution in [-0.4, -0.2) is 11.2 Å². The van der Waals surface area contributed by atoms with Crippen molar-refractivity contribution in [2.45, 2.75) is 26.4 Å². The molecule has 1 rings (SSSR count). The van der Waals surface area contributed by atoms with Gasteiger partial charge in [-0.1, -0.05) is 23.6 Å². The maximum atomic E-state index is 9.22. The van der Waals surface area contributed by atoms with Gasteiger partial charge in [-0.3, -0.25) is 0 Å². The van der Waals surface area contributed by atoms with Crippen molar-refractivity contribution in [2.24, 2.45) is 5.92 Å². The Morgan fingerprint density at radius 1 is 1.58 bits per heavy atom. The second-order valence-electron chi connectivity index (χ2n) is 3.08. The van der Waals surface area contributed by atoms with E-state index in [0.717, 1.165) is 6.42 Å². The standard InChI is InChI=1S/C11H14O/c1-3-4-5-9(2)10-6-7-11(12)8-10/h5-7,10-12H,8H2,1-2H3/b9-5-. The van der Waals surface area contributed by atoms with E-state index in [0.29, 0.717) is 5.92 Å². The Kier molecular flexibility index (Phi) is 3.13. The predicted octanol–water partition coefficient (Wildman–Crippen LogP) is 1.89. The van der Waals surface area contributed by atoms with Crippen LogP contribution in [0, 0.1) is 17.8 Å². The van der Waals surface area contributed by atoms with Gasteiger partial charge in [-0.15, -0.1) is 5.92 Å². The van der Waals surface area contributed by atoms with Crippen molar-refractivity contribution in [3.8, 4) is 11.8 Å². The van der Waals surface area contributed by atoms with Crippen molar-refractivity contribution < 1.29 is 5.11 Å². The fourth-order valence-electron chi connectivity index (χ4n) is 1.31. The van der Waals surface area contributed by atoms with Crippen LogP contribution in [0.3, 0.4) is 0 Å². The van der Waals surface area contributed by atoms with E-state index in [2.05, 4.69) is 18.8 Å². The number of hydrogen-bond acceptors (Lipinski definition) is 1.